The van der Waals surface area contributed by atoms with E-state index in [4.69, 9.17) is 0 Å². The van der Waals surface area contributed by atoms with Gasteiger partial charge in [-0.2, -0.15) is 0 Å². The first-order chi connectivity index (χ1) is 13.2. The van der Waals surface area contributed by atoms with Crippen LogP contribution in [0.1, 0.15) is 33.5 Å². The number of rotatable bonds is 5. The van der Waals surface area contributed by atoms with Gasteiger partial charge < -0.3 is 10.2 Å². The van der Waals surface area contributed by atoms with Crippen LogP contribution in [0.5, 0.6) is 0 Å². The Morgan fingerprint density at radius 3 is 2.74 bits per heavy atom. The molecule has 0 bridgehead atoms. The number of piperazine rings is 1. The number of aryl methyl sites for hydroxylation is 1. The Hall–Kier alpha value is -1.85. The molecule has 27 heavy (non-hydrogen) atoms. The Kier molecular flexibility index (Phi) is 5.79. The van der Waals surface area contributed by atoms with Crippen molar-refractivity contribution in [3.05, 3.63) is 51.7 Å². The highest BCUT2D eigenvalue weighted by Gasteiger charge is 2.21. The minimum atomic E-state index is 0.102. The molecule has 0 radical (unpaired) electrons. The topological polar surface area (TPSA) is 35.6 Å². The van der Waals surface area contributed by atoms with E-state index in [0.29, 0.717) is 0 Å². The van der Waals surface area contributed by atoms with E-state index in [1.165, 1.54) is 22.5 Å². The third-order valence-electron chi connectivity index (χ3n) is 5.76. The van der Waals surface area contributed by atoms with Gasteiger partial charge in [-0.15, -0.1) is 11.3 Å². The van der Waals surface area contributed by atoms with Crippen molar-refractivity contribution < 1.29 is 4.79 Å². The number of carbonyl (C=O) groups is 1. The van der Waals surface area contributed by atoms with Crippen LogP contribution in [0.2, 0.25) is 0 Å². The van der Waals surface area contributed by atoms with Crippen molar-refractivity contribution in [1.82, 2.24) is 10.2 Å². The van der Waals surface area contributed by atoms with Crippen LogP contribution in [-0.4, -0.2) is 50.1 Å². The first kappa shape index (κ1) is 18.5. The molecule has 1 N–H and O–H groups in total. The maximum atomic E-state index is 12.5. The van der Waals surface area contributed by atoms with E-state index in [9.17, 15) is 4.79 Å². The average Bonchev–Trinajstić information content (AvgIpc) is 3.12. The summed E-state index contributed by atoms with van der Waals surface area (Å²) in [5.74, 6) is 0.850. The fraction of sp³-hybridized carbons (Fsp3) is 0.500. The molecule has 1 aliphatic carbocycles. The van der Waals surface area contributed by atoms with Crippen molar-refractivity contribution in [3.63, 3.8) is 0 Å². The normalized spacial score (nSPS) is 20.3. The standard InChI is InChI=1S/C22H29N3OS/c1-17-7-8-20-18(15-17)16-21(27-20)22(26)23-9-10-24-11-13-25(14-12-24)19-5-3-2-4-6-19/h2-6,16-17H,7-15H2,1H3,(H,23,26). The van der Waals surface area contributed by atoms with Crippen molar-refractivity contribution in [2.24, 2.45) is 5.92 Å². The van der Waals surface area contributed by atoms with E-state index >= 15 is 0 Å². The first-order valence-electron chi connectivity index (χ1n) is 10.1. The summed E-state index contributed by atoms with van der Waals surface area (Å²) >= 11 is 1.70. The molecule has 2 aliphatic rings. The van der Waals surface area contributed by atoms with Crippen molar-refractivity contribution >= 4 is 22.9 Å². The SMILES string of the molecule is CC1CCc2sc(C(=O)NCCN3CCN(c4ccccc4)CC3)cc2C1. The smallest absolute Gasteiger partial charge is 0.261 e. The zero-order valence-electron chi connectivity index (χ0n) is 16.1. The van der Waals surface area contributed by atoms with Crippen molar-refractivity contribution in [2.75, 3.05) is 44.2 Å². The van der Waals surface area contributed by atoms with Crippen LogP contribution >= 0.6 is 11.3 Å². The zero-order valence-corrected chi connectivity index (χ0v) is 16.9. The number of para-hydroxylation sites is 1. The van der Waals surface area contributed by atoms with E-state index in [-0.39, 0.29) is 5.91 Å². The molecule has 2 heterocycles. The Morgan fingerprint density at radius 1 is 1.19 bits per heavy atom. The highest BCUT2D eigenvalue weighted by atomic mass is 32.1. The van der Waals surface area contributed by atoms with Crippen LogP contribution in [0.25, 0.3) is 0 Å². The summed E-state index contributed by atoms with van der Waals surface area (Å²) in [7, 11) is 0. The number of hydrogen-bond acceptors (Lipinski definition) is 4. The van der Waals surface area contributed by atoms with Gasteiger partial charge in [-0.25, -0.2) is 0 Å². The molecular formula is C22H29N3OS. The Bertz CT molecular complexity index is 765. The van der Waals surface area contributed by atoms with Crippen LogP contribution in [0.4, 0.5) is 5.69 Å². The lowest BCUT2D eigenvalue weighted by molar-refractivity contribution is 0.0951. The molecule has 1 aromatic heterocycles. The molecule has 1 aliphatic heterocycles. The summed E-state index contributed by atoms with van der Waals surface area (Å²) in [6.07, 6.45) is 3.52. The number of carbonyl (C=O) groups excluding carboxylic acids is 1. The van der Waals surface area contributed by atoms with Gasteiger partial charge in [0, 0.05) is 49.8 Å². The number of benzene rings is 1. The maximum Gasteiger partial charge on any atom is 0.261 e. The van der Waals surface area contributed by atoms with Crippen LogP contribution < -0.4 is 10.2 Å². The molecule has 5 heteroatoms. The summed E-state index contributed by atoms with van der Waals surface area (Å²) in [4.78, 5) is 19.7. The monoisotopic (exact) mass is 383 g/mol. The highest BCUT2D eigenvalue weighted by Crippen LogP contribution is 2.32. The van der Waals surface area contributed by atoms with Gasteiger partial charge in [0.25, 0.3) is 5.91 Å². The first-order valence-corrected chi connectivity index (χ1v) is 10.9. The third-order valence-corrected chi connectivity index (χ3v) is 7.00. The molecule has 1 saturated heterocycles. The summed E-state index contributed by atoms with van der Waals surface area (Å²) < 4.78 is 0. The molecule has 144 valence electrons. The summed E-state index contributed by atoms with van der Waals surface area (Å²) in [6.45, 7) is 8.16. The third kappa shape index (κ3) is 4.53. The predicted molar refractivity (Wildman–Crippen MR) is 113 cm³/mol. The Labute approximate surface area is 166 Å². The van der Waals surface area contributed by atoms with Crippen LogP contribution in [-0.2, 0) is 12.8 Å². The highest BCUT2D eigenvalue weighted by molar-refractivity contribution is 7.14. The quantitative estimate of drug-likeness (QED) is 0.859. The lowest BCUT2D eigenvalue weighted by Gasteiger charge is -2.36. The van der Waals surface area contributed by atoms with Gasteiger partial charge in [-0.1, -0.05) is 25.1 Å². The summed E-state index contributed by atoms with van der Waals surface area (Å²) in [5.41, 5.74) is 2.71. The molecule has 1 fully saturated rings. The fourth-order valence-electron chi connectivity index (χ4n) is 4.10. The minimum absolute atomic E-state index is 0.102. The number of nitrogens with zero attached hydrogens (tertiary/aromatic N) is 2. The van der Waals surface area contributed by atoms with Gasteiger partial charge in [0.15, 0.2) is 0 Å². The number of nitrogens with one attached hydrogen (secondary N) is 1. The van der Waals surface area contributed by atoms with E-state index in [0.717, 1.165) is 62.9 Å². The molecule has 2 aromatic rings. The van der Waals surface area contributed by atoms with Gasteiger partial charge in [-0.05, 0) is 48.9 Å². The number of fused-ring (bicyclic) bond motifs is 1. The van der Waals surface area contributed by atoms with Crippen LogP contribution in [0, 0.1) is 5.92 Å². The van der Waals surface area contributed by atoms with E-state index < -0.39 is 0 Å². The number of amides is 1. The average molecular weight is 384 g/mol. The molecule has 1 amide bonds. The number of thiophene rings is 1. The van der Waals surface area contributed by atoms with Gasteiger partial charge in [0.1, 0.15) is 0 Å². The molecule has 0 spiro atoms. The van der Waals surface area contributed by atoms with Crippen molar-refractivity contribution in [3.8, 4) is 0 Å². The molecule has 1 atom stereocenters. The number of anilines is 1. The molecular weight excluding hydrogens is 354 g/mol. The van der Waals surface area contributed by atoms with Crippen molar-refractivity contribution in [1.29, 1.82) is 0 Å². The van der Waals surface area contributed by atoms with Crippen LogP contribution in [0.3, 0.4) is 0 Å². The minimum Gasteiger partial charge on any atom is -0.369 e. The van der Waals surface area contributed by atoms with Gasteiger partial charge in [-0.3, -0.25) is 9.69 Å². The second-order valence-electron chi connectivity index (χ2n) is 7.83. The number of hydrogen-bond donors (Lipinski definition) is 1. The Balaban J connectivity index is 1.21. The van der Waals surface area contributed by atoms with Crippen molar-refractivity contribution in [2.45, 2.75) is 26.2 Å². The van der Waals surface area contributed by atoms with Gasteiger partial charge in [0.05, 0.1) is 4.88 Å². The second kappa shape index (κ2) is 8.44. The van der Waals surface area contributed by atoms with E-state index in [1.807, 2.05) is 0 Å². The van der Waals surface area contributed by atoms with E-state index in [2.05, 4.69) is 58.4 Å². The second-order valence-corrected chi connectivity index (χ2v) is 8.96. The van der Waals surface area contributed by atoms with E-state index in [1.54, 1.807) is 11.3 Å². The van der Waals surface area contributed by atoms with Gasteiger partial charge in [0.2, 0.25) is 0 Å². The lowest BCUT2D eigenvalue weighted by Crippen LogP contribution is -2.48. The predicted octanol–water partition coefficient (Wildman–Crippen LogP) is 3.42. The molecule has 4 nitrogen and oxygen atoms in total. The van der Waals surface area contributed by atoms with Crippen LogP contribution in [0.15, 0.2) is 36.4 Å². The van der Waals surface area contributed by atoms with Gasteiger partial charge >= 0.3 is 0 Å². The molecule has 4 rings (SSSR count). The Morgan fingerprint density at radius 2 is 1.96 bits per heavy atom. The molecule has 1 aromatic carbocycles. The summed E-state index contributed by atoms with van der Waals surface area (Å²) in [5, 5.41) is 3.13. The lowest BCUT2D eigenvalue weighted by atomic mass is 9.90. The molecule has 1 unspecified atom stereocenters. The maximum absolute atomic E-state index is 12.5. The largest absolute Gasteiger partial charge is 0.369 e. The fourth-order valence-corrected chi connectivity index (χ4v) is 5.23. The molecule has 0 saturated carbocycles. The zero-order chi connectivity index (χ0) is 18.6. The summed E-state index contributed by atoms with van der Waals surface area (Å²) in [6, 6.07) is 12.7.